The van der Waals surface area contributed by atoms with Gasteiger partial charge in [-0.2, -0.15) is 0 Å². The number of carbonyl (C=O) groups excluding carboxylic acids is 2. The predicted molar refractivity (Wildman–Crippen MR) is 56.5 cm³/mol. The van der Waals surface area contributed by atoms with E-state index in [9.17, 15) is 9.59 Å². The number of hydrogen-bond donors (Lipinski definition) is 1. The maximum atomic E-state index is 11.3. The molecule has 1 aromatic rings. The molecule has 0 unspecified atom stereocenters. The van der Waals surface area contributed by atoms with Crippen LogP contribution in [0.1, 0.15) is 34.6 Å². The summed E-state index contributed by atoms with van der Waals surface area (Å²) in [6, 6.07) is 5.09. The summed E-state index contributed by atoms with van der Waals surface area (Å²) < 4.78 is 0. The van der Waals surface area contributed by atoms with Crippen molar-refractivity contribution < 1.29 is 9.59 Å². The second-order valence-corrected chi connectivity index (χ2v) is 3.58. The zero-order valence-corrected chi connectivity index (χ0v) is 8.85. The van der Waals surface area contributed by atoms with Gasteiger partial charge < -0.3 is 0 Å². The van der Waals surface area contributed by atoms with Crippen LogP contribution in [0.3, 0.4) is 0 Å². The van der Waals surface area contributed by atoms with Gasteiger partial charge in [-0.15, -0.1) is 0 Å². The van der Waals surface area contributed by atoms with Gasteiger partial charge in [-0.1, -0.05) is 12.1 Å². The quantitative estimate of drug-likeness (QED) is 0.611. The van der Waals surface area contributed by atoms with Crippen molar-refractivity contribution in [2.45, 2.75) is 18.7 Å². The predicted octanol–water partition coefficient (Wildman–Crippen LogP) is 2.06. The summed E-state index contributed by atoms with van der Waals surface area (Å²) in [6.07, 6.45) is 0. The minimum Gasteiger partial charge on any atom is -0.294 e. The lowest BCUT2D eigenvalue weighted by molar-refractivity contribution is 0.0978. The van der Waals surface area contributed by atoms with Gasteiger partial charge >= 0.3 is 0 Å². The van der Waals surface area contributed by atoms with Crippen LogP contribution in [0.4, 0.5) is 0 Å². The number of hydrogen-bond acceptors (Lipinski definition) is 4. The van der Waals surface area contributed by atoms with Gasteiger partial charge in [-0.05, 0) is 31.9 Å². The maximum Gasteiger partial charge on any atom is 0.161 e. The Labute approximate surface area is 86.8 Å². The number of nitrogens with two attached hydrogens (primary N) is 1. The highest BCUT2D eigenvalue weighted by Crippen LogP contribution is 2.22. The van der Waals surface area contributed by atoms with Crippen LogP contribution < -0.4 is 5.14 Å². The lowest BCUT2D eigenvalue weighted by Crippen LogP contribution is -2.06. The molecule has 0 aliphatic heterocycles. The Morgan fingerprint density at radius 1 is 1.21 bits per heavy atom. The minimum atomic E-state index is -0.135. The van der Waals surface area contributed by atoms with E-state index in [1.807, 2.05) is 0 Å². The topological polar surface area (TPSA) is 60.2 Å². The van der Waals surface area contributed by atoms with Crippen LogP contribution in [0.5, 0.6) is 0 Å². The first kappa shape index (κ1) is 10.9. The molecule has 0 aliphatic rings. The number of ketones is 2. The van der Waals surface area contributed by atoms with Gasteiger partial charge in [0.1, 0.15) is 0 Å². The van der Waals surface area contributed by atoms with Crippen LogP contribution in [-0.2, 0) is 0 Å². The van der Waals surface area contributed by atoms with Crippen molar-refractivity contribution in [3.05, 3.63) is 29.3 Å². The smallest absolute Gasteiger partial charge is 0.161 e. The Morgan fingerprint density at radius 3 is 2.29 bits per heavy atom. The Balaban J connectivity index is 3.43. The van der Waals surface area contributed by atoms with E-state index in [1.165, 1.54) is 13.8 Å². The van der Waals surface area contributed by atoms with Gasteiger partial charge in [0.05, 0.1) is 0 Å². The molecule has 0 saturated heterocycles. The van der Waals surface area contributed by atoms with Gasteiger partial charge in [-0.25, -0.2) is 0 Å². The van der Waals surface area contributed by atoms with Gasteiger partial charge in [0, 0.05) is 16.0 Å². The molecular formula is C10H11NO2S. The van der Waals surface area contributed by atoms with E-state index in [-0.39, 0.29) is 11.6 Å². The van der Waals surface area contributed by atoms with Crippen molar-refractivity contribution in [1.29, 1.82) is 0 Å². The summed E-state index contributed by atoms with van der Waals surface area (Å²) >= 11 is 0.982. The largest absolute Gasteiger partial charge is 0.294 e. The third-order valence-corrected chi connectivity index (χ3v) is 2.48. The standard InChI is InChI=1S/C10H11NO2S/c1-6(12)8-4-3-5-9(14-11)10(8)7(2)13/h3-5H,11H2,1-2H3. The van der Waals surface area contributed by atoms with Crippen LogP contribution in [0.25, 0.3) is 0 Å². The summed E-state index contributed by atoms with van der Waals surface area (Å²) in [7, 11) is 0. The molecule has 14 heavy (non-hydrogen) atoms. The van der Waals surface area contributed by atoms with Crippen molar-refractivity contribution in [2.75, 3.05) is 0 Å². The van der Waals surface area contributed by atoms with Gasteiger partial charge in [0.25, 0.3) is 0 Å². The second-order valence-electron chi connectivity index (χ2n) is 2.91. The highest BCUT2D eigenvalue weighted by molar-refractivity contribution is 7.97. The molecule has 0 aliphatic carbocycles. The highest BCUT2D eigenvalue weighted by atomic mass is 32.2. The molecular weight excluding hydrogens is 198 g/mol. The number of Topliss-reactive ketones (excluding diaryl/α,β-unsaturated/α-hetero) is 2. The molecule has 0 bridgehead atoms. The fraction of sp³-hybridized carbons (Fsp3) is 0.200. The molecule has 0 heterocycles. The van der Waals surface area contributed by atoms with Crippen molar-refractivity contribution >= 4 is 23.5 Å². The molecule has 0 amide bonds. The van der Waals surface area contributed by atoms with Crippen molar-refractivity contribution in [3.8, 4) is 0 Å². The Kier molecular flexibility index (Phi) is 3.43. The van der Waals surface area contributed by atoms with Crippen molar-refractivity contribution in [1.82, 2.24) is 0 Å². The van der Waals surface area contributed by atoms with E-state index in [2.05, 4.69) is 0 Å². The van der Waals surface area contributed by atoms with Crippen LogP contribution >= 0.6 is 11.9 Å². The molecule has 0 radical (unpaired) electrons. The highest BCUT2D eigenvalue weighted by Gasteiger charge is 2.14. The third-order valence-electron chi connectivity index (χ3n) is 1.88. The zero-order chi connectivity index (χ0) is 10.7. The van der Waals surface area contributed by atoms with E-state index >= 15 is 0 Å². The van der Waals surface area contributed by atoms with Gasteiger partial charge in [0.2, 0.25) is 0 Å². The number of carbonyl (C=O) groups is 2. The van der Waals surface area contributed by atoms with Gasteiger partial charge in [-0.3, -0.25) is 14.7 Å². The van der Waals surface area contributed by atoms with E-state index in [0.717, 1.165) is 11.9 Å². The summed E-state index contributed by atoms with van der Waals surface area (Å²) in [4.78, 5) is 23.2. The third kappa shape index (κ3) is 2.02. The first-order valence-electron chi connectivity index (χ1n) is 4.09. The average molecular weight is 209 g/mol. The Hall–Kier alpha value is -1.13. The lowest BCUT2D eigenvalue weighted by Gasteiger charge is -2.07. The monoisotopic (exact) mass is 209 g/mol. The molecule has 1 aromatic carbocycles. The van der Waals surface area contributed by atoms with Crippen LogP contribution in [0.15, 0.2) is 23.1 Å². The normalized spacial score (nSPS) is 9.93. The molecule has 0 saturated carbocycles. The van der Waals surface area contributed by atoms with E-state index < -0.39 is 0 Å². The molecule has 3 nitrogen and oxygen atoms in total. The number of benzene rings is 1. The Morgan fingerprint density at radius 2 is 1.86 bits per heavy atom. The maximum absolute atomic E-state index is 11.3. The first-order valence-corrected chi connectivity index (χ1v) is 4.97. The minimum absolute atomic E-state index is 0.119. The Bertz CT molecular complexity index is 388. The zero-order valence-electron chi connectivity index (χ0n) is 8.03. The molecule has 1 rings (SSSR count). The van der Waals surface area contributed by atoms with Crippen LogP contribution in [0.2, 0.25) is 0 Å². The molecule has 0 atom stereocenters. The molecule has 0 aromatic heterocycles. The van der Waals surface area contributed by atoms with E-state index in [1.54, 1.807) is 18.2 Å². The molecule has 0 spiro atoms. The van der Waals surface area contributed by atoms with Gasteiger partial charge in [0.15, 0.2) is 11.6 Å². The fourth-order valence-electron chi connectivity index (χ4n) is 1.29. The first-order chi connectivity index (χ1) is 6.57. The number of rotatable bonds is 3. The van der Waals surface area contributed by atoms with E-state index in [0.29, 0.717) is 16.0 Å². The molecule has 74 valence electrons. The fourth-order valence-corrected chi connectivity index (χ4v) is 1.81. The van der Waals surface area contributed by atoms with E-state index in [4.69, 9.17) is 5.14 Å². The molecule has 4 heteroatoms. The summed E-state index contributed by atoms with van der Waals surface area (Å²) in [6.45, 7) is 2.87. The van der Waals surface area contributed by atoms with Crippen LogP contribution in [-0.4, -0.2) is 11.6 Å². The summed E-state index contributed by atoms with van der Waals surface area (Å²) in [5.74, 6) is -0.255. The summed E-state index contributed by atoms with van der Waals surface area (Å²) in [5.41, 5.74) is 0.862. The lowest BCUT2D eigenvalue weighted by atomic mass is 10.0. The van der Waals surface area contributed by atoms with Crippen molar-refractivity contribution in [3.63, 3.8) is 0 Å². The average Bonchev–Trinajstić information content (AvgIpc) is 2.16. The second kappa shape index (κ2) is 4.39. The summed E-state index contributed by atoms with van der Waals surface area (Å²) in [5, 5.41) is 5.41. The SMILES string of the molecule is CC(=O)c1cccc(SN)c1C(C)=O. The molecule has 0 fully saturated rings. The van der Waals surface area contributed by atoms with Crippen molar-refractivity contribution in [2.24, 2.45) is 5.14 Å². The van der Waals surface area contributed by atoms with Crippen LogP contribution in [0, 0.1) is 0 Å². The molecule has 2 N–H and O–H groups in total.